The fourth-order valence-corrected chi connectivity index (χ4v) is 3.83. The summed E-state index contributed by atoms with van der Waals surface area (Å²) in [6.07, 6.45) is 1.56. The van der Waals surface area contributed by atoms with E-state index in [0.717, 1.165) is 30.3 Å². The molecule has 1 aliphatic heterocycles. The molecule has 1 aliphatic rings. The largest absolute Gasteiger partial charge is 0.478 e. The molecule has 0 radical (unpaired) electrons. The van der Waals surface area contributed by atoms with E-state index in [2.05, 4.69) is 15.2 Å². The number of hydrogen-bond acceptors (Lipinski definition) is 5. The van der Waals surface area contributed by atoms with Crippen LogP contribution in [0.15, 0.2) is 36.5 Å². The second-order valence-corrected chi connectivity index (χ2v) is 7.17. The molecule has 0 saturated carbocycles. The number of halogens is 1. The number of thioether (sulfide) groups is 1. The van der Waals surface area contributed by atoms with Crippen molar-refractivity contribution in [2.75, 3.05) is 41.4 Å². The number of pyridine rings is 1. The van der Waals surface area contributed by atoms with E-state index in [1.54, 1.807) is 24.4 Å². The molecule has 0 spiro atoms. The number of aromatic nitrogens is 1. The molecular weight excluding hydrogens is 358 g/mol. The number of hydrogen-bond donors (Lipinski definition) is 1. The number of benzene rings is 1. The van der Waals surface area contributed by atoms with Gasteiger partial charge in [-0.2, -0.15) is 11.8 Å². The number of amides is 1. The maximum absolute atomic E-state index is 12.4. The first kappa shape index (κ1) is 17.9. The van der Waals surface area contributed by atoms with Gasteiger partial charge in [0.05, 0.1) is 17.3 Å². The molecule has 3 rings (SSSR count). The number of anilines is 2. The molecule has 132 valence electrons. The first-order valence-corrected chi connectivity index (χ1v) is 9.73. The summed E-state index contributed by atoms with van der Waals surface area (Å²) in [5, 5.41) is 3.52. The normalized spacial score (nSPS) is 14.2. The van der Waals surface area contributed by atoms with Crippen LogP contribution in [0.5, 0.6) is 5.88 Å². The summed E-state index contributed by atoms with van der Waals surface area (Å²) in [5.74, 6) is 2.44. The summed E-state index contributed by atoms with van der Waals surface area (Å²) in [4.78, 5) is 18.8. The van der Waals surface area contributed by atoms with Gasteiger partial charge in [-0.1, -0.05) is 11.6 Å². The van der Waals surface area contributed by atoms with E-state index in [4.69, 9.17) is 16.3 Å². The molecule has 0 unspecified atom stereocenters. The Bertz CT molecular complexity index is 751. The average molecular weight is 378 g/mol. The number of rotatable bonds is 5. The van der Waals surface area contributed by atoms with Crippen molar-refractivity contribution < 1.29 is 9.53 Å². The van der Waals surface area contributed by atoms with Crippen molar-refractivity contribution in [3.8, 4) is 5.88 Å². The van der Waals surface area contributed by atoms with Gasteiger partial charge in [-0.25, -0.2) is 4.98 Å². The molecule has 2 heterocycles. The zero-order valence-electron chi connectivity index (χ0n) is 14.0. The van der Waals surface area contributed by atoms with Crippen LogP contribution in [0.3, 0.4) is 0 Å². The van der Waals surface area contributed by atoms with E-state index in [0.29, 0.717) is 28.8 Å². The highest BCUT2D eigenvalue weighted by atomic mass is 35.5. The van der Waals surface area contributed by atoms with Crippen molar-refractivity contribution >= 4 is 40.6 Å². The van der Waals surface area contributed by atoms with Crippen LogP contribution in [0, 0.1) is 0 Å². The molecular formula is C18H20ClN3O2S. The van der Waals surface area contributed by atoms with Crippen LogP contribution < -0.4 is 15.0 Å². The Balaban J connectivity index is 1.71. The van der Waals surface area contributed by atoms with Crippen LogP contribution in [0.1, 0.15) is 17.3 Å². The standard InChI is InChI=1S/C18H20ClN3O2S/c1-2-24-17-11-13(5-6-20-17)18(23)21-14-3-4-16(15(19)12-14)22-7-9-25-10-8-22/h3-6,11-12H,2,7-10H2,1H3,(H,21,23). The van der Waals surface area contributed by atoms with Crippen LogP contribution in [-0.2, 0) is 0 Å². The summed E-state index contributed by atoms with van der Waals surface area (Å²) < 4.78 is 5.33. The topological polar surface area (TPSA) is 54.5 Å². The van der Waals surface area contributed by atoms with Gasteiger partial charge in [0.15, 0.2) is 0 Å². The van der Waals surface area contributed by atoms with Gasteiger partial charge in [0, 0.05) is 48.1 Å². The molecule has 0 atom stereocenters. The quantitative estimate of drug-likeness (QED) is 0.855. The van der Waals surface area contributed by atoms with Crippen LogP contribution >= 0.6 is 23.4 Å². The Morgan fingerprint density at radius 1 is 1.32 bits per heavy atom. The molecule has 1 amide bonds. The Kier molecular flexibility index (Phi) is 6.04. The third kappa shape index (κ3) is 4.58. The Hall–Kier alpha value is -1.92. The van der Waals surface area contributed by atoms with E-state index in [1.807, 2.05) is 30.8 Å². The molecule has 1 aromatic carbocycles. The van der Waals surface area contributed by atoms with Crippen molar-refractivity contribution in [2.24, 2.45) is 0 Å². The van der Waals surface area contributed by atoms with Crippen LogP contribution in [-0.4, -0.2) is 42.1 Å². The number of nitrogens with zero attached hydrogens (tertiary/aromatic N) is 2. The summed E-state index contributed by atoms with van der Waals surface area (Å²) in [7, 11) is 0. The molecule has 1 aromatic heterocycles. The van der Waals surface area contributed by atoms with Crippen molar-refractivity contribution in [1.82, 2.24) is 4.98 Å². The summed E-state index contributed by atoms with van der Waals surface area (Å²) in [5.41, 5.74) is 2.18. The van der Waals surface area contributed by atoms with E-state index in [9.17, 15) is 4.79 Å². The maximum Gasteiger partial charge on any atom is 0.255 e. The van der Waals surface area contributed by atoms with Crippen LogP contribution in [0.4, 0.5) is 11.4 Å². The molecule has 7 heteroatoms. The van der Waals surface area contributed by atoms with E-state index in [1.165, 1.54) is 0 Å². The lowest BCUT2D eigenvalue weighted by Gasteiger charge is -2.29. The Morgan fingerprint density at radius 2 is 2.12 bits per heavy atom. The first-order valence-electron chi connectivity index (χ1n) is 8.20. The smallest absolute Gasteiger partial charge is 0.255 e. The SMILES string of the molecule is CCOc1cc(C(=O)Nc2ccc(N3CCSCC3)c(Cl)c2)ccn1. The van der Waals surface area contributed by atoms with Crippen molar-refractivity contribution in [2.45, 2.75) is 6.92 Å². The highest BCUT2D eigenvalue weighted by molar-refractivity contribution is 7.99. The van der Waals surface area contributed by atoms with Gasteiger partial charge in [-0.3, -0.25) is 4.79 Å². The van der Waals surface area contributed by atoms with Gasteiger partial charge in [-0.15, -0.1) is 0 Å². The van der Waals surface area contributed by atoms with Crippen molar-refractivity contribution in [3.63, 3.8) is 0 Å². The number of ether oxygens (including phenoxy) is 1. The van der Waals surface area contributed by atoms with Gasteiger partial charge in [0.25, 0.3) is 5.91 Å². The number of carbonyl (C=O) groups is 1. The summed E-state index contributed by atoms with van der Waals surface area (Å²) in [6.45, 7) is 4.36. The van der Waals surface area contributed by atoms with Gasteiger partial charge in [0.1, 0.15) is 0 Å². The molecule has 0 aliphatic carbocycles. The van der Waals surface area contributed by atoms with Gasteiger partial charge >= 0.3 is 0 Å². The molecule has 1 saturated heterocycles. The van der Waals surface area contributed by atoms with E-state index >= 15 is 0 Å². The average Bonchev–Trinajstić information content (AvgIpc) is 2.63. The van der Waals surface area contributed by atoms with Gasteiger partial charge < -0.3 is 15.0 Å². The lowest BCUT2D eigenvalue weighted by atomic mass is 10.2. The Morgan fingerprint density at radius 3 is 2.84 bits per heavy atom. The van der Waals surface area contributed by atoms with Gasteiger partial charge in [0.2, 0.25) is 5.88 Å². The lowest BCUT2D eigenvalue weighted by molar-refractivity contribution is 0.102. The molecule has 0 bridgehead atoms. The minimum absolute atomic E-state index is 0.221. The van der Waals surface area contributed by atoms with E-state index in [-0.39, 0.29) is 5.91 Å². The lowest BCUT2D eigenvalue weighted by Crippen LogP contribution is -2.32. The highest BCUT2D eigenvalue weighted by Gasteiger charge is 2.15. The summed E-state index contributed by atoms with van der Waals surface area (Å²) in [6, 6.07) is 8.91. The van der Waals surface area contributed by atoms with E-state index < -0.39 is 0 Å². The number of carbonyl (C=O) groups excluding carboxylic acids is 1. The molecule has 5 nitrogen and oxygen atoms in total. The second-order valence-electron chi connectivity index (χ2n) is 5.54. The van der Waals surface area contributed by atoms with Crippen molar-refractivity contribution in [3.05, 3.63) is 47.1 Å². The zero-order valence-corrected chi connectivity index (χ0v) is 15.6. The second kappa shape index (κ2) is 8.45. The monoisotopic (exact) mass is 377 g/mol. The molecule has 2 aromatic rings. The Labute approximate surface area is 156 Å². The predicted molar refractivity (Wildman–Crippen MR) is 104 cm³/mol. The molecule has 1 N–H and O–H groups in total. The van der Waals surface area contributed by atoms with Crippen LogP contribution in [0.25, 0.3) is 0 Å². The minimum Gasteiger partial charge on any atom is -0.478 e. The zero-order chi connectivity index (χ0) is 17.6. The number of nitrogens with one attached hydrogen (secondary N) is 1. The highest BCUT2D eigenvalue weighted by Crippen LogP contribution is 2.30. The summed E-state index contributed by atoms with van der Waals surface area (Å²) >= 11 is 8.38. The van der Waals surface area contributed by atoms with Crippen molar-refractivity contribution in [1.29, 1.82) is 0 Å². The van der Waals surface area contributed by atoms with Gasteiger partial charge in [-0.05, 0) is 31.2 Å². The minimum atomic E-state index is -0.221. The molecule has 1 fully saturated rings. The fraction of sp³-hybridized carbons (Fsp3) is 0.333. The third-order valence-electron chi connectivity index (χ3n) is 3.85. The predicted octanol–water partition coefficient (Wildman–Crippen LogP) is 3.94. The maximum atomic E-state index is 12.4. The first-order chi connectivity index (χ1) is 12.2. The third-order valence-corrected chi connectivity index (χ3v) is 5.09. The fourth-order valence-electron chi connectivity index (χ4n) is 2.63. The van der Waals surface area contributed by atoms with Crippen LogP contribution in [0.2, 0.25) is 5.02 Å². The molecule has 25 heavy (non-hydrogen) atoms.